The lowest BCUT2D eigenvalue weighted by molar-refractivity contribution is 0.203. The smallest absolute Gasteiger partial charge is 0.0637 e. The van der Waals surface area contributed by atoms with E-state index in [4.69, 9.17) is 4.74 Å². The third-order valence-corrected chi connectivity index (χ3v) is 4.64. The molecule has 21 heavy (non-hydrogen) atoms. The Balaban J connectivity index is 2.97. The fourth-order valence-corrected chi connectivity index (χ4v) is 3.19. The van der Waals surface area contributed by atoms with Crippen LogP contribution >= 0.6 is 15.9 Å². The first kappa shape index (κ1) is 18.5. The predicted molar refractivity (Wildman–Crippen MR) is 95.2 cm³/mol. The highest BCUT2D eigenvalue weighted by atomic mass is 79.9. The molecule has 0 amide bonds. The van der Waals surface area contributed by atoms with Gasteiger partial charge in [0.2, 0.25) is 0 Å². The van der Waals surface area contributed by atoms with Gasteiger partial charge in [0.1, 0.15) is 0 Å². The van der Waals surface area contributed by atoms with Crippen molar-refractivity contribution < 1.29 is 4.74 Å². The van der Waals surface area contributed by atoms with Crippen LogP contribution in [0.15, 0.2) is 22.7 Å². The van der Waals surface area contributed by atoms with Gasteiger partial charge in [-0.3, -0.25) is 0 Å². The van der Waals surface area contributed by atoms with Gasteiger partial charge >= 0.3 is 0 Å². The third kappa shape index (κ3) is 5.28. The molecule has 0 fully saturated rings. The number of hydrogen-bond acceptors (Lipinski definition) is 3. The summed E-state index contributed by atoms with van der Waals surface area (Å²) in [5.74, 6) is 0. The van der Waals surface area contributed by atoms with Crippen LogP contribution < -0.4 is 10.2 Å². The van der Waals surface area contributed by atoms with Crippen LogP contribution in [-0.4, -0.2) is 32.8 Å². The molecule has 0 aliphatic heterocycles. The predicted octanol–water partition coefficient (Wildman–Crippen LogP) is 4.37. The molecular weight excluding hydrogens is 328 g/mol. The summed E-state index contributed by atoms with van der Waals surface area (Å²) in [5.41, 5.74) is 2.55. The summed E-state index contributed by atoms with van der Waals surface area (Å²) in [6, 6.07) is 7.52. The summed E-state index contributed by atoms with van der Waals surface area (Å²) >= 11 is 3.73. The van der Waals surface area contributed by atoms with E-state index in [0.29, 0.717) is 12.1 Å². The molecule has 0 spiro atoms. The van der Waals surface area contributed by atoms with Gasteiger partial charge in [0.15, 0.2) is 0 Å². The van der Waals surface area contributed by atoms with Gasteiger partial charge < -0.3 is 15.0 Å². The molecule has 4 heteroatoms. The van der Waals surface area contributed by atoms with E-state index < -0.39 is 0 Å². The quantitative estimate of drug-likeness (QED) is 0.710. The van der Waals surface area contributed by atoms with Gasteiger partial charge in [0, 0.05) is 35.9 Å². The van der Waals surface area contributed by atoms with Crippen molar-refractivity contribution in [3.05, 3.63) is 28.2 Å². The summed E-state index contributed by atoms with van der Waals surface area (Å²) in [7, 11) is 1.76. The van der Waals surface area contributed by atoms with Gasteiger partial charge in [-0.1, -0.05) is 35.8 Å². The van der Waals surface area contributed by atoms with Crippen LogP contribution in [0.5, 0.6) is 0 Å². The standard InChI is InChI=1S/C17H29BrN2O/c1-6-13(3)20(10-11-21-5)15-8-9-16(17(18)12-15)14(4)19-7-2/h8-9,12-14,19H,6-7,10-11H2,1-5H3. The number of rotatable bonds is 9. The highest BCUT2D eigenvalue weighted by molar-refractivity contribution is 9.10. The Kier molecular flexibility index (Phi) is 8.30. The minimum Gasteiger partial charge on any atom is -0.383 e. The first-order chi connectivity index (χ1) is 10.0. The average Bonchev–Trinajstić information content (AvgIpc) is 2.47. The number of methoxy groups -OCH3 is 1. The van der Waals surface area contributed by atoms with Crippen molar-refractivity contribution in [2.24, 2.45) is 0 Å². The van der Waals surface area contributed by atoms with Crippen molar-refractivity contribution in [1.29, 1.82) is 0 Å². The van der Waals surface area contributed by atoms with Crippen LogP contribution in [0.25, 0.3) is 0 Å². The van der Waals surface area contributed by atoms with Crippen LogP contribution in [0.2, 0.25) is 0 Å². The summed E-state index contributed by atoms with van der Waals surface area (Å²) in [4.78, 5) is 2.41. The highest BCUT2D eigenvalue weighted by Crippen LogP contribution is 2.29. The highest BCUT2D eigenvalue weighted by Gasteiger charge is 2.15. The lowest BCUT2D eigenvalue weighted by Crippen LogP contribution is -2.35. The SMILES string of the molecule is CCNC(C)c1ccc(N(CCOC)C(C)CC)cc1Br. The van der Waals surface area contributed by atoms with Crippen molar-refractivity contribution in [3.63, 3.8) is 0 Å². The van der Waals surface area contributed by atoms with Crippen LogP contribution in [-0.2, 0) is 4.74 Å². The maximum atomic E-state index is 5.25. The van der Waals surface area contributed by atoms with Crippen LogP contribution in [0, 0.1) is 0 Å². The second kappa shape index (κ2) is 9.44. The summed E-state index contributed by atoms with van der Waals surface area (Å²) in [6.45, 7) is 11.5. The Labute approximate surface area is 138 Å². The van der Waals surface area contributed by atoms with Crippen LogP contribution in [0.4, 0.5) is 5.69 Å². The van der Waals surface area contributed by atoms with Crippen molar-refractivity contribution in [2.75, 3.05) is 31.7 Å². The zero-order valence-electron chi connectivity index (χ0n) is 13.9. The topological polar surface area (TPSA) is 24.5 Å². The van der Waals surface area contributed by atoms with E-state index in [1.54, 1.807) is 7.11 Å². The summed E-state index contributed by atoms with van der Waals surface area (Å²) in [6.07, 6.45) is 1.12. The Morgan fingerprint density at radius 1 is 1.29 bits per heavy atom. The van der Waals surface area contributed by atoms with Crippen molar-refractivity contribution in [1.82, 2.24) is 5.32 Å². The second-order valence-electron chi connectivity index (χ2n) is 5.43. The number of ether oxygens (including phenoxy) is 1. The van der Waals surface area contributed by atoms with E-state index >= 15 is 0 Å². The lowest BCUT2D eigenvalue weighted by Gasteiger charge is -2.31. The summed E-state index contributed by atoms with van der Waals surface area (Å²) in [5, 5.41) is 3.46. The normalized spacial score (nSPS) is 14.0. The molecule has 2 unspecified atom stereocenters. The van der Waals surface area contributed by atoms with E-state index in [2.05, 4.69) is 72.0 Å². The fourth-order valence-electron chi connectivity index (χ4n) is 2.48. The Morgan fingerprint density at radius 3 is 2.52 bits per heavy atom. The average molecular weight is 357 g/mol. The minimum absolute atomic E-state index is 0.356. The maximum absolute atomic E-state index is 5.25. The van der Waals surface area contributed by atoms with E-state index in [-0.39, 0.29) is 0 Å². The molecule has 3 nitrogen and oxygen atoms in total. The summed E-state index contributed by atoms with van der Waals surface area (Å²) < 4.78 is 6.42. The number of anilines is 1. The van der Waals surface area contributed by atoms with Crippen molar-refractivity contribution in [3.8, 4) is 0 Å². The van der Waals surface area contributed by atoms with Crippen LogP contribution in [0.1, 0.15) is 45.7 Å². The minimum atomic E-state index is 0.356. The molecule has 0 bridgehead atoms. The lowest BCUT2D eigenvalue weighted by atomic mass is 10.1. The van der Waals surface area contributed by atoms with Gasteiger partial charge in [-0.15, -0.1) is 0 Å². The second-order valence-corrected chi connectivity index (χ2v) is 6.28. The molecule has 0 aliphatic carbocycles. The molecule has 1 N–H and O–H groups in total. The van der Waals surface area contributed by atoms with Gasteiger partial charge in [-0.25, -0.2) is 0 Å². The molecule has 0 aromatic heterocycles. The van der Waals surface area contributed by atoms with Gasteiger partial charge in [-0.2, -0.15) is 0 Å². The maximum Gasteiger partial charge on any atom is 0.0637 e. The van der Waals surface area contributed by atoms with E-state index in [1.165, 1.54) is 15.7 Å². The van der Waals surface area contributed by atoms with Gasteiger partial charge in [0.05, 0.1) is 6.61 Å². The number of benzene rings is 1. The monoisotopic (exact) mass is 356 g/mol. The molecule has 2 atom stereocenters. The molecule has 0 heterocycles. The zero-order chi connectivity index (χ0) is 15.8. The Hall–Kier alpha value is -0.580. The molecule has 1 aromatic rings. The molecule has 1 aromatic carbocycles. The van der Waals surface area contributed by atoms with Gasteiger partial charge in [-0.05, 0) is 44.5 Å². The number of halogens is 1. The zero-order valence-corrected chi connectivity index (χ0v) is 15.5. The molecule has 1 rings (SSSR count). The van der Waals surface area contributed by atoms with E-state index in [0.717, 1.165) is 26.1 Å². The molecule has 0 saturated heterocycles. The van der Waals surface area contributed by atoms with E-state index in [1.807, 2.05) is 0 Å². The Bertz CT molecular complexity index is 425. The number of nitrogens with one attached hydrogen (secondary N) is 1. The fraction of sp³-hybridized carbons (Fsp3) is 0.647. The van der Waals surface area contributed by atoms with E-state index in [9.17, 15) is 0 Å². The van der Waals surface area contributed by atoms with Gasteiger partial charge in [0.25, 0.3) is 0 Å². The third-order valence-electron chi connectivity index (χ3n) is 3.95. The van der Waals surface area contributed by atoms with Crippen molar-refractivity contribution >= 4 is 21.6 Å². The first-order valence-corrected chi connectivity index (χ1v) is 8.62. The Morgan fingerprint density at radius 2 is 2.00 bits per heavy atom. The molecular formula is C17H29BrN2O. The molecule has 0 radical (unpaired) electrons. The van der Waals surface area contributed by atoms with Crippen molar-refractivity contribution in [2.45, 2.75) is 46.2 Å². The van der Waals surface area contributed by atoms with Crippen LogP contribution in [0.3, 0.4) is 0 Å². The molecule has 120 valence electrons. The number of nitrogens with zero attached hydrogens (tertiary/aromatic N) is 1. The molecule has 0 aliphatic rings. The number of hydrogen-bond donors (Lipinski definition) is 1. The molecule has 0 saturated carbocycles. The largest absolute Gasteiger partial charge is 0.383 e. The first-order valence-electron chi connectivity index (χ1n) is 7.83.